The lowest BCUT2D eigenvalue weighted by Gasteiger charge is -2.08. The number of hydrogen-bond acceptors (Lipinski definition) is 5. The molecular formula is C12H10N2O2S2. The Balaban J connectivity index is 2.42. The van der Waals surface area contributed by atoms with E-state index >= 15 is 0 Å². The van der Waals surface area contributed by atoms with Gasteiger partial charge in [-0.1, -0.05) is 17.8 Å². The molecule has 0 saturated heterocycles. The number of carboxylic acids is 1. The molecule has 1 heterocycles. The van der Waals surface area contributed by atoms with Gasteiger partial charge in [0, 0.05) is 16.0 Å². The van der Waals surface area contributed by atoms with E-state index in [1.54, 1.807) is 24.4 Å². The molecule has 92 valence electrons. The summed E-state index contributed by atoms with van der Waals surface area (Å²) in [6, 6.07) is 7.19. The second-order valence-electron chi connectivity index (χ2n) is 3.29. The molecule has 0 spiro atoms. The smallest absolute Gasteiger partial charge is 0.337 e. The van der Waals surface area contributed by atoms with Gasteiger partial charge >= 0.3 is 5.97 Å². The summed E-state index contributed by atoms with van der Waals surface area (Å²) in [5, 5.41) is 10.0. The van der Waals surface area contributed by atoms with Crippen molar-refractivity contribution in [2.75, 3.05) is 6.26 Å². The Hall–Kier alpha value is -1.53. The Morgan fingerprint density at radius 3 is 2.67 bits per heavy atom. The SMILES string of the molecule is CSc1cccc(Sc2ccncn2)c1C(=O)O. The fourth-order valence-electron chi connectivity index (χ4n) is 1.43. The molecular weight excluding hydrogens is 268 g/mol. The molecule has 0 aliphatic rings. The van der Waals surface area contributed by atoms with E-state index in [1.807, 2.05) is 12.3 Å². The molecule has 0 atom stereocenters. The first kappa shape index (κ1) is 12.9. The van der Waals surface area contributed by atoms with E-state index in [0.29, 0.717) is 10.5 Å². The van der Waals surface area contributed by atoms with Crippen molar-refractivity contribution in [3.8, 4) is 0 Å². The lowest BCUT2D eigenvalue weighted by atomic mass is 10.2. The van der Waals surface area contributed by atoms with Gasteiger partial charge in [0.2, 0.25) is 0 Å². The van der Waals surface area contributed by atoms with Gasteiger partial charge < -0.3 is 5.11 Å². The van der Waals surface area contributed by atoms with Gasteiger partial charge in [-0.2, -0.15) is 0 Å². The van der Waals surface area contributed by atoms with Gasteiger partial charge in [-0.15, -0.1) is 11.8 Å². The third kappa shape index (κ3) is 2.83. The molecule has 0 saturated carbocycles. The zero-order chi connectivity index (χ0) is 13.0. The van der Waals surface area contributed by atoms with E-state index in [-0.39, 0.29) is 0 Å². The summed E-state index contributed by atoms with van der Waals surface area (Å²) in [6.07, 6.45) is 4.94. The molecule has 1 aromatic carbocycles. The van der Waals surface area contributed by atoms with Crippen molar-refractivity contribution in [1.29, 1.82) is 0 Å². The Labute approximate surface area is 113 Å². The molecule has 0 aliphatic carbocycles. The largest absolute Gasteiger partial charge is 0.478 e. The molecule has 0 amide bonds. The molecule has 2 rings (SSSR count). The van der Waals surface area contributed by atoms with Crippen molar-refractivity contribution in [2.24, 2.45) is 0 Å². The second kappa shape index (κ2) is 5.88. The van der Waals surface area contributed by atoms with Crippen LogP contribution in [0.2, 0.25) is 0 Å². The average Bonchev–Trinajstić information content (AvgIpc) is 2.39. The highest BCUT2D eigenvalue weighted by molar-refractivity contribution is 8.00. The lowest BCUT2D eigenvalue weighted by Crippen LogP contribution is -2.01. The number of aromatic nitrogens is 2. The Kier molecular flexibility index (Phi) is 4.22. The molecule has 0 radical (unpaired) electrons. The molecule has 0 fully saturated rings. The molecule has 1 N–H and O–H groups in total. The average molecular weight is 278 g/mol. The van der Waals surface area contributed by atoms with Crippen molar-refractivity contribution in [3.05, 3.63) is 42.4 Å². The normalized spacial score (nSPS) is 10.3. The Morgan fingerprint density at radius 1 is 1.28 bits per heavy atom. The molecule has 0 unspecified atom stereocenters. The molecule has 0 bridgehead atoms. The summed E-state index contributed by atoms with van der Waals surface area (Å²) in [5.74, 6) is -0.920. The van der Waals surface area contributed by atoms with Crippen molar-refractivity contribution in [3.63, 3.8) is 0 Å². The maximum absolute atomic E-state index is 11.3. The van der Waals surface area contributed by atoms with Crippen LogP contribution in [0.4, 0.5) is 0 Å². The first-order chi connectivity index (χ1) is 8.72. The van der Waals surface area contributed by atoms with E-state index in [1.165, 1.54) is 29.9 Å². The van der Waals surface area contributed by atoms with Crippen molar-refractivity contribution >= 4 is 29.5 Å². The van der Waals surface area contributed by atoms with Crippen molar-refractivity contribution < 1.29 is 9.90 Å². The monoisotopic (exact) mass is 278 g/mol. The zero-order valence-electron chi connectivity index (χ0n) is 9.53. The van der Waals surface area contributed by atoms with Crippen LogP contribution >= 0.6 is 23.5 Å². The second-order valence-corrected chi connectivity index (χ2v) is 5.20. The molecule has 1 aromatic heterocycles. The van der Waals surface area contributed by atoms with Crippen molar-refractivity contribution in [1.82, 2.24) is 9.97 Å². The third-order valence-corrected chi connectivity index (χ3v) is 3.98. The highest BCUT2D eigenvalue weighted by Crippen LogP contribution is 2.33. The summed E-state index contributed by atoms with van der Waals surface area (Å²) in [5.41, 5.74) is 0.327. The highest BCUT2D eigenvalue weighted by atomic mass is 32.2. The predicted octanol–water partition coefficient (Wildman–Crippen LogP) is 3.05. The van der Waals surface area contributed by atoms with Crippen LogP contribution in [0.25, 0.3) is 0 Å². The number of nitrogens with zero attached hydrogens (tertiary/aromatic N) is 2. The lowest BCUT2D eigenvalue weighted by molar-refractivity contribution is 0.0689. The number of thioether (sulfide) groups is 1. The summed E-state index contributed by atoms with van der Waals surface area (Å²) >= 11 is 2.75. The fourth-order valence-corrected chi connectivity index (χ4v) is 3.01. The van der Waals surface area contributed by atoms with Gasteiger partial charge in [-0.3, -0.25) is 0 Å². The van der Waals surface area contributed by atoms with E-state index in [9.17, 15) is 9.90 Å². The molecule has 4 nitrogen and oxygen atoms in total. The third-order valence-electron chi connectivity index (χ3n) is 2.19. The van der Waals surface area contributed by atoms with Crippen LogP contribution in [0.1, 0.15) is 10.4 Å². The van der Waals surface area contributed by atoms with Gasteiger partial charge in [-0.05, 0) is 24.5 Å². The van der Waals surface area contributed by atoms with Crippen LogP contribution in [0.3, 0.4) is 0 Å². The van der Waals surface area contributed by atoms with E-state index in [0.717, 1.165) is 9.92 Å². The maximum Gasteiger partial charge on any atom is 0.337 e. The summed E-state index contributed by atoms with van der Waals surface area (Å²) < 4.78 is 0. The maximum atomic E-state index is 11.3. The van der Waals surface area contributed by atoms with E-state index < -0.39 is 5.97 Å². The summed E-state index contributed by atoms with van der Waals surface area (Å²) in [7, 11) is 0. The number of benzene rings is 1. The molecule has 0 aliphatic heterocycles. The number of aromatic carboxylic acids is 1. The first-order valence-corrected chi connectivity index (χ1v) is 7.10. The predicted molar refractivity (Wildman–Crippen MR) is 71.3 cm³/mol. The Bertz CT molecular complexity index is 561. The van der Waals surface area contributed by atoms with Crippen LogP contribution in [0.15, 0.2) is 51.6 Å². The fraction of sp³-hybridized carbons (Fsp3) is 0.0833. The minimum absolute atomic E-state index is 0.327. The van der Waals surface area contributed by atoms with Crippen molar-refractivity contribution in [2.45, 2.75) is 14.8 Å². The molecule has 2 aromatic rings. The Morgan fingerprint density at radius 2 is 2.06 bits per heavy atom. The van der Waals surface area contributed by atoms with Crippen LogP contribution in [-0.2, 0) is 0 Å². The van der Waals surface area contributed by atoms with Gasteiger partial charge in [0.25, 0.3) is 0 Å². The molecule has 6 heteroatoms. The van der Waals surface area contributed by atoms with Gasteiger partial charge in [0.1, 0.15) is 11.4 Å². The van der Waals surface area contributed by atoms with E-state index in [2.05, 4.69) is 9.97 Å². The van der Waals surface area contributed by atoms with Crippen LogP contribution in [0, 0.1) is 0 Å². The van der Waals surface area contributed by atoms with Gasteiger partial charge in [0.15, 0.2) is 0 Å². The summed E-state index contributed by atoms with van der Waals surface area (Å²) in [6.45, 7) is 0. The summed E-state index contributed by atoms with van der Waals surface area (Å²) in [4.78, 5) is 20.7. The van der Waals surface area contributed by atoms with Crippen LogP contribution < -0.4 is 0 Å². The van der Waals surface area contributed by atoms with E-state index in [4.69, 9.17) is 0 Å². The zero-order valence-corrected chi connectivity index (χ0v) is 11.2. The minimum atomic E-state index is -0.920. The molecule has 18 heavy (non-hydrogen) atoms. The first-order valence-electron chi connectivity index (χ1n) is 5.06. The quantitative estimate of drug-likeness (QED) is 0.685. The van der Waals surface area contributed by atoms with Crippen LogP contribution in [-0.4, -0.2) is 27.3 Å². The number of carbonyl (C=O) groups is 1. The van der Waals surface area contributed by atoms with Crippen LogP contribution in [0.5, 0.6) is 0 Å². The number of rotatable bonds is 4. The van der Waals surface area contributed by atoms with Gasteiger partial charge in [-0.25, -0.2) is 14.8 Å². The minimum Gasteiger partial charge on any atom is -0.478 e. The topological polar surface area (TPSA) is 63.1 Å². The number of hydrogen-bond donors (Lipinski definition) is 1. The standard InChI is InChI=1S/C12H10N2O2S2/c1-17-8-3-2-4-9(11(8)12(15)16)18-10-5-6-13-7-14-10/h2-7H,1H3,(H,15,16). The number of carboxylic acid groups (broad SMARTS) is 1. The van der Waals surface area contributed by atoms with Gasteiger partial charge in [0.05, 0.1) is 5.56 Å². The highest BCUT2D eigenvalue weighted by Gasteiger charge is 2.16.